The van der Waals surface area contributed by atoms with E-state index in [1.807, 2.05) is 6.92 Å². The van der Waals surface area contributed by atoms with Crippen LogP contribution in [0, 0.1) is 34.0 Å². The average Bonchev–Trinajstić information content (AvgIpc) is 2.44. The third-order valence-corrected chi connectivity index (χ3v) is 4.49. The van der Waals surface area contributed by atoms with Gasteiger partial charge in [-0.1, -0.05) is 34.6 Å². The summed E-state index contributed by atoms with van der Waals surface area (Å²) in [5, 5.41) is 19.0. The first-order valence-electron chi connectivity index (χ1n) is 5.38. The average molecular weight is 195 g/mol. The molecule has 0 aromatic heterocycles. The third-order valence-electron chi connectivity index (χ3n) is 4.49. The van der Waals surface area contributed by atoms with E-state index >= 15 is 0 Å². The molecular weight excluding hydrogens is 174 g/mol. The molecule has 14 heavy (non-hydrogen) atoms. The fraction of sp³-hybridized carbons (Fsp3) is 0.917. The Hall–Kier alpha value is -0.550. The van der Waals surface area contributed by atoms with Crippen LogP contribution < -0.4 is 0 Å². The zero-order valence-corrected chi connectivity index (χ0v) is 9.83. The molecule has 0 unspecified atom stereocenters. The number of rotatable bonds is 3. The largest absolute Gasteiger partial charge is 0.391 e. The summed E-state index contributed by atoms with van der Waals surface area (Å²) in [5.41, 5.74) is 0.327. The molecule has 0 bridgehead atoms. The van der Waals surface area contributed by atoms with Crippen molar-refractivity contribution < 1.29 is 5.11 Å². The SMILES string of the molecule is CC[C@H](C#N)[C@@H](O)C1C(C)(C)C1(C)C. The molecular formula is C12H21NO. The molecule has 0 spiro atoms. The summed E-state index contributed by atoms with van der Waals surface area (Å²) in [4.78, 5) is 0. The van der Waals surface area contributed by atoms with Gasteiger partial charge >= 0.3 is 0 Å². The zero-order valence-electron chi connectivity index (χ0n) is 9.83. The minimum Gasteiger partial charge on any atom is -0.391 e. The molecule has 1 saturated carbocycles. The Bertz CT molecular complexity index is 248. The van der Waals surface area contributed by atoms with E-state index in [1.165, 1.54) is 0 Å². The Kier molecular flexibility index (Phi) is 2.67. The first-order chi connectivity index (χ1) is 6.30. The molecule has 1 aliphatic rings. The summed E-state index contributed by atoms with van der Waals surface area (Å²) in [5.74, 6) is 0.0562. The van der Waals surface area contributed by atoms with Gasteiger partial charge in [0.2, 0.25) is 0 Å². The Balaban J connectivity index is 2.75. The van der Waals surface area contributed by atoms with Gasteiger partial charge in [-0.25, -0.2) is 0 Å². The van der Waals surface area contributed by atoms with Crippen molar-refractivity contribution in [1.82, 2.24) is 0 Å². The van der Waals surface area contributed by atoms with Gasteiger partial charge in [0.25, 0.3) is 0 Å². The lowest BCUT2D eigenvalue weighted by molar-refractivity contribution is 0.0893. The van der Waals surface area contributed by atoms with E-state index in [1.54, 1.807) is 0 Å². The van der Waals surface area contributed by atoms with E-state index < -0.39 is 6.10 Å². The van der Waals surface area contributed by atoms with Gasteiger partial charge in [0.1, 0.15) is 0 Å². The second-order valence-corrected chi connectivity index (χ2v) is 5.56. The summed E-state index contributed by atoms with van der Waals surface area (Å²) in [6.45, 7) is 10.6. The highest BCUT2D eigenvalue weighted by atomic mass is 16.3. The first kappa shape index (κ1) is 11.5. The van der Waals surface area contributed by atoms with Gasteiger partial charge in [-0.3, -0.25) is 0 Å². The van der Waals surface area contributed by atoms with Crippen LogP contribution in [0.1, 0.15) is 41.0 Å². The van der Waals surface area contributed by atoms with Crippen LogP contribution >= 0.6 is 0 Å². The molecule has 1 N–H and O–H groups in total. The standard InChI is InChI=1S/C12H21NO/c1-6-8(7-13)9(14)10-11(2,3)12(10,4)5/h8-10,14H,6H2,1-5H3/t8-,9-/m1/s1. The number of hydrogen-bond acceptors (Lipinski definition) is 2. The number of hydrogen-bond donors (Lipinski definition) is 1. The third kappa shape index (κ3) is 1.35. The molecule has 0 aromatic rings. The molecule has 0 saturated heterocycles. The Morgan fingerprint density at radius 3 is 1.93 bits per heavy atom. The first-order valence-corrected chi connectivity index (χ1v) is 5.38. The zero-order chi connectivity index (χ0) is 11.1. The van der Waals surface area contributed by atoms with E-state index in [2.05, 4.69) is 33.8 Å². The summed E-state index contributed by atoms with van der Waals surface area (Å²) in [6.07, 6.45) is 0.273. The van der Waals surface area contributed by atoms with Crippen molar-refractivity contribution in [3.8, 4) is 6.07 Å². The Morgan fingerprint density at radius 1 is 1.29 bits per heavy atom. The van der Waals surface area contributed by atoms with Crippen molar-refractivity contribution in [2.75, 3.05) is 0 Å². The van der Waals surface area contributed by atoms with Gasteiger partial charge in [0.15, 0.2) is 0 Å². The van der Waals surface area contributed by atoms with Crippen molar-refractivity contribution in [1.29, 1.82) is 5.26 Å². The molecule has 2 nitrogen and oxygen atoms in total. The van der Waals surface area contributed by atoms with Crippen LogP contribution in [0.25, 0.3) is 0 Å². The van der Waals surface area contributed by atoms with Crippen LogP contribution in [-0.2, 0) is 0 Å². The highest BCUT2D eigenvalue weighted by molar-refractivity contribution is 5.16. The quantitative estimate of drug-likeness (QED) is 0.752. The molecule has 2 atom stereocenters. The Labute approximate surface area is 86.9 Å². The van der Waals surface area contributed by atoms with Crippen molar-refractivity contribution >= 4 is 0 Å². The monoisotopic (exact) mass is 195 g/mol. The number of aliphatic hydroxyl groups excluding tert-OH is 1. The van der Waals surface area contributed by atoms with Gasteiger partial charge in [-0.2, -0.15) is 5.26 Å². The van der Waals surface area contributed by atoms with Crippen LogP contribution in [-0.4, -0.2) is 11.2 Å². The smallest absolute Gasteiger partial charge is 0.0736 e. The normalized spacial score (nSPS) is 27.8. The lowest BCUT2D eigenvalue weighted by Crippen LogP contribution is -2.23. The van der Waals surface area contributed by atoms with Crippen LogP contribution in [0.4, 0.5) is 0 Å². The minimum absolute atomic E-state index is 0.163. The van der Waals surface area contributed by atoms with Crippen molar-refractivity contribution in [2.24, 2.45) is 22.7 Å². The highest BCUT2D eigenvalue weighted by Crippen LogP contribution is 2.70. The van der Waals surface area contributed by atoms with E-state index in [4.69, 9.17) is 5.26 Å². The van der Waals surface area contributed by atoms with Gasteiger partial charge in [-0.05, 0) is 23.2 Å². The lowest BCUT2D eigenvalue weighted by Gasteiger charge is -2.16. The van der Waals surface area contributed by atoms with Crippen LogP contribution in [0.15, 0.2) is 0 Å². The number of nitrogens with zero attached hydrogens (tertiary/aromatic N) is 1. The van der Waals surface area contributed by atoms with E-state index in [0.717, 1.165) is 6.42 Å². The molecule has 0 aromatic carbocycles. The predicted octanol–water partition coefficient (Wildman–Crippen LogP) is 2.58. The molecule has 0 amide bonds. The van der Waals surface area contributed by atoms with E-state index in [9.17, 15) is 5.11 Å². The van der Waals surface area contributed by atoms with E-state index in [0.29, 0.717) is 0 Å². The van der Waals surface area contributed by atoms with Crippen molar-refractivity contribution in [2.45, 2.75) is 47.1 Å². The van der Waals surface area contributed by atoms with Gasteiger partial charge in [0.05, 0.1) is 18.1 Å². The fourth-order valence-electron chi connectivity index (χ4n) is 2.74. The lowest BCUT2D eigenvalue weighted by atomic mass is 9.93. The maximum atomic E-state index is 10.1. The van der Waals surface area contributed by atoms with Gasteiger partial charge in [0, 0.05) is 0 Å². The summed E-state index contributed by atoms with van der Waals surface area (Å²) in [6, 6.07) is 2.20. The van der Waals surface area contributed by atoms with Crippen molar-refractivity contribution in [3.63, 3.8) is 0 Å². The predicted molar refractivity (Wildman–Crippen MR) is 56.5 cm³/mol. The van der Waals surface area contributed by atoms with E-state index in [-0.39, 0.29) is 22.7 Å². The molecule has 0 radical (unpaired) electrons. The second-order valence-electron chi connectivity index (χ2n) is 5.56. The highest BCUT2D eigenvalue weighted by Gasteiger charge is 2.67. The van der Waals surface area contributed by atoms with Gasteiger partial charge < -0.3 is 5.11 Å². The van der Waals surface area contributed by atoms with Gasteiger partial charge in [-0.15, -0.1) is 0 Å². The fourth-order valence-corrected chi connectivity index (χ4v) is 2.74. The summed E-state index contributed by atoms with van der Waals surface area (Å²) < 4.78 is 0. The van der Waals surface area contributed by atoms with Crippen molar-refractivity contribution in [3.05, 3.63) is 0 Å². The molecule has 0 aliphatic heterocycles. The topological polar surface area (TPSA) is 44.0 Å². The van der Waals surface area contributed by atoms with Crippen LogP contribution in [0.2, 0.25) is 0 Å². The molecule has 2 heteroatoms. The Morgan fingerprint density at radius 2 is 1.71 bits per heavy atom. The second kappa shape index (κ2) is 3.24. The molecule has 0 heterocycles. The maximum absolute atomic E-state index is 10.1. The molecule has 1 rings (SSSR count). The minimum atomic E-state index is -0.463. The summed E-state index contributed by atoms with van der Waals surface area (Å²) >= 11 is 0. The summed E-state index contributed by atoms with van der Waals surface area (Å²) in [7, 11) is 0. The molecule has 1 fully saturated rings. The number of nitriles is 1. The molecule has 1 aliphatic carbocycles. The number of aliphatic hydroxyl groups is 1. The maximum Gasteiger partial charge on any atom is 0.0736 e. The van der Waals surface area contributed by atoms with Crippen LogP contribution in [0.5, 0.6) is 0 Å². The molecule has 80 valence electrons. The van der Waals surface area contributed by atoms with Crippen LogP contribution in [0.3, 0.4) is 0 Å².